The first-order valence-electron chi connectivity index (χ1n) is 14.4. The molecule has 0 aromatic heterocycles. The Bertz CT molecular complexity index is 969. The lowest BCUT2D eigenvalue weighted by Crippen LogP contribution is -2.56. The van der Waals surface area contributed by atoms with E-state index in [9.17, 15) is 14.7 Å². The van der Waals surface area contributed by atoms with Crippen LogP contribution in [0.25, 0.3) is 0 Å². The van der Waals surface area contributed by atoms with Gasteiger partial charge in [0.15, 0.2) is 0 Å². The van der Waals surface area contributed by atoms with E-state index in [-0.39, 0.29) is 45.6 Å². The third kappa shape index (κ3) is 4.09. The van der Waals surface area contributed by atoms with Gasteiger partial charge in [-0.05, 0) is 106 Å². The van der Waals surface area contributed by atoms with Crippen LogP contribution in [0.4, 0.5) is 0 Å². The van der Waals surface area contributed by atoms with Gasteiger partial charge in [-0.1, -0.05) is 57.4 Å². The monoisotopic (exact) mass is 498 g/mol. The van der Waals surface area contributed by atoms with E-state index in [2.05, 4.69) is 54.5 Å². The van der Waals surface area contributed by atoms with Gasteiger partial charge in [-0.15, -0.1) is 0 Å². The summed E-state index contributed by atoms with van der Waals surface area (Å²) in [4.78, 5) is 24.3. The lowest BCUT2D eigenvalue weighted by molar-refractivity contribution is -0.167. The van der Waals surface area contributed by atoms with E-state index in [1.165, 1.54) is 12.5 Å². The zero-order valence-electron chi connectivity index (χ0n) is 24.1. The Morgan fingerprint density at radius 2 is 1.67 bits per heavy atom. The van der Waals surface area contributed by atoms with Crippen molar-refractivity contribution in [3.8, 4) is 0 Å². The van der Waals surface area contributed by atoms with Gasteiger partial charge in [0.2, 0.25) is 0 Å². The van der Waals surface area contributed by atoms with Crippen LogP contribution in [0.15, 0.2) is 22.8 Å². The Kier molecular flexibility index (Phi) is 7.10. The van der Waals surface area contributed by atoms with Crippen molar-refractivity contribution >= 4 is 11.9 Å². The molecule has 4 aliphatic rings. The van der Waals surface area contributed by atoms with Crippen LogP contribution in [0.5, 0.6) is 0 Å². The van der Waals surface area contributed by atoms with Crippen molar-refractivity contribution < 1.29 is 19.4 Å². The maximum Gasteiger partial charge on any atom is 0.306 e. The van der Waals surface area contributed by atoms with E-state index < -0.39 is 5.97 Å². The van der Waals surface area contributed by atoms with E-state index >= 15 is 0 Å². The molecule has 36 heavy (non-hydrogen) atoms. The topological polar surface area (TPSA) is 63.6 Å². The number of carbonyl (C=O) groups is 2. The lowest BCUT2D eigenvalue weighted by atomic mass is 9.43. The molecule has 2 saturated carbocycles. The van der Waals surface area contributed by atoms with Crippen molar-refractivity contribution in [3.05, 3.63) is 22.8 Å². The molecule has 2 unspecified atom stereocenters. The van der Waals surface area contributed by atoms with Crippen molar-refractivity contribution in [2.24, 2.45) is 39.4 Å². The predicted octanol–water partition coefficient (Wildman–Crippen LogP) is 8.11. The lowest BCUT2D eigenvalue weighted by Gasteiger charge is -2.62. The van der Waals surface area contributed by atoms with E-state index in [0.717, 1.165) is 64.2 Å². The molecular weight excluding hydrogens is 448 g/mol. The number of carboxylic acid groups (broad SMARTS) is 1. The highest BCUT2D eigenvalue weighted by Crippen LogP contribution is 2.72. The number of hydrogen-bond acceptors (Lipinski definition) is 3. The van der Waals surface area contributed by atoms with Gasteiger partial charge in [-0.25, -0.2) is 0 Å². The first-order chi connectivity index (χ1) is 16.7. The summed E-state index contributed by atoms with van der Waals surface area (Å²) in [7, 11) is 0. The molecule has 0 heterocycles. The largest absolute Gasteiger partial charge is 0.481 e. The summed E-state index contributed by atoms with van der Waals surface area (Å²) in [6.07, 6.45) is 12.4. The fourth-order valence-electron chi connectivity index (χ4n) is 9.81. The molecule has 1 N–H and O–H groups in total. The number of esters is 1. The van der Waals surface area contributed by atoms with Crippen molar-refractivity contribution in [1.29, 1.82) is 0 Å². The summed E-state index contributed by atoms with van der Waals surface area (Å²) >= 11 is 0. The molecule has 4 heteroatoms. The van der Waals surface area contributed by atoms with Crippen LogP contribution >= 0.6 is 0 Å². The van der Waals surface area contributed by atoms with Crippen molar-refractivity contribution in [1.82, 2.24) is 0 Å². The molecule has 202 valence electrons. The smallest absolute Gasteiger partial charge is 0.306 e. The standard InChI is InChI=1S/C32H50O4/c1-20(2)10-9-11-22(28(34)35)23-14-18-32(8)25-12-13-26-29(4,5)27(36-21(3)33)16-17-30(26,6)24(25)15-19-31(23,32)7/h10,22-23,26-27H,9,11-19H2,1-8H3,(H,34,35)/t22?,23-,26?,27-,30-,31-,32+/m1/s1. The minimum absolute atomic E-state index is 0.00680. The molecule has 0 amide bonds. The number of allylic oxidation sites excluding steroid dienone is 4. The summed E-state index contributed by atoms with van der Waals surface area (Å²) in [6.45, 7) is 17.8. The SMILES string of the molecule is CC(=O)O[C@@H]1CC[C@]2(C)C3=C(CCC2C1(C)C)[C@]1(C)CC[C@H](C(CCC=C(C)C)C(=O)O)[C@@]1(C)CC3. The molecular formula is C32H50O4. The predicted molar refractivity (Wildman–Crippen MR) is 144 cm³/mol. The number of aliphatic carboxylic acids is 1. The molecule has 0 aromatic carbocycles. The van der Waals surface area contributed by atoms with Gasteiger partial charge >= 0.3 is 11.9 Å². The second-order valence-electron chi connectivity index (χ2n) is 14.1. The first kappa shape index (κ1) is 27.5. The molecule has 4 nitrogen and oxygen atoms in total. The summed E-state index contributed by atoms with van der Waals surface area (Å²) in [5.74, 6) is -0.291. The summed E-state index contributed by atoms with van der Waals surface area (Å²) in [5.41, 5.74) is 4.85. The highest BCUT2D eigenvalue weighted by atomic mass is 16.5. The first-order valence-corrected chi connectivity index (χ1v) is 14.4. The van der Waals surface area contributed by atoms with E-state index in [1.807, 2.05) is 0 Å². The normalized spacial score (nSPS) is 39.9. The second-order valence-corrected chi connectivity index (χ2v) is 14.1. The van der Waals surface area contributed by atoms with Crippen LogP contribution in [0.2, 0.25) is 0 Å². The molecule has 4 aliphatic carbocycles. The highest BCUT2D eigenvalue weighted by molar-refractivity contribution is 5.70. The highest BCUT2D eigenvalue weighted by Gasteiger charge is 2.64. The fraction of sp³-hybridized carbons (Fsp3) is 0.812. The number of ether oxygens (including phenoxy) is 1. The van der Waals surface area contributed by atoms with E-state index in [4.69, 9.17) is 4.74 Å². The Morgan fingerprint density at radius 3 is 2.28 bits per heavy atom. The Labute approximate surface area is 219 Å². The van der Waals surface area contributed by atoms with Crippen LogP contribution in [-0.4, -0.2) is 23.1 Å². The van der Waals surface area contributed by atoms with Crippen molar-refractivity contribution in [2.75, 3.05) is 0 Å². The molecule has 7 atom stereocenters. The second kappa shape index (κ2) is 9.31. The Balaban J connectivity index is 1.67. The molecule has 2 fully saturated rings. The molecule has 0 bridgehead atoms. The summed E-state index contributed by atoms with van der Waals surface area (Å²) < 4.78 is 5.84. The van der Waals surface area contributed by atoms with Crippen molar-refractivity contribution in [2.45, 2.75) is 126 Å². The number of carbonyl (C=O) groups excluding carboxylic acids is 1. The van der Waals surface area contributed by atoms with E-state index in [0.29, 0.717) is 5.92 Å². The number of fused-ring (bicyclic) bond motifs is 4. The quantitative estimate of drug-likeness (QED) is 0.297. The molecule has 0 saturated heterocycles. The number of carboxylic acids is 1. The summed E-state index contributed by atoms with van der Waals surface area (Å²) in [6, 6.07) is 0. The van der Waals surface area contributed by atoms with Gasteiger partial charge in [-0.2, -0.15) is 0 Å². The van der Waals surface area contributed by atoms with Gasteiger partial charge in [0.05, 0.1) is 5.92 Å². The fourth-order valence-corrected chi connectivity index (χ4v) is 9.81. The minimum Gasteiger partial charge on any atom is -0.481 e. The van der Waals surface area contributed by atoms with Gasteiger partial charge in [0.25, 0.3) is 0 Å². The van der Waals surface area contributed by atoms with Crippen LogP contribution in [0.3, 0.4) is 0 Å². The Hall–Kier alpha value is -1.58. The van der Waals surface area contributed by atoms with E-state index in [1.54, 1.807) is 11.1 Å². The van der Waals surface area contributed by atoms with Crippen molar-refractivity contribution in [3.63, 3.8) is 0 Å². The third-order valence-electron chi connectivity index (χ3n) is 11.9. The third-order valence-corrected chi connectivity index (χ3v) is 11.9. The van der Waals surface area contributed by atoms with Gasteiger partial charge in [0.1, 0.15) is 6.10 Å². The van der Waals surface area contributed by atoms with Gasteiger partial charge in [0, 0.05) is 12.3 Å². The molecule has 0 spiro atoms. The van der Waals surface area contributed by atoms with Crippen LogP contribution < -0.4 is 0 Å². The number of rotatable bonds is 6. The molecule has 4 rings (SSSR count). The number of hydrogen-bond donors (Lipinski definition) is 1. The van der Waals surface area contributed by atoms with Crippen LogP contribution in [-0.2, 0) is 14.3 Å². The minimum atomic E-state index is -0.603. The maximum absolute atomic E-state index is 12.5. The van der Waals surface area contributed by atoms with Gasteiger partial charge in [-0.3, -0.25) is 9.59 Å². The van der Waals surface area contributed by atoms with Crippen LogP contribution in [0.1, 0.15) is 120 Å². The average molecular weight is 499 g/mol. The molecule has 0 aliphatic heterocycles. The van der Waals surface area contributed by atoms with Crippen LogP contribution in [0, 0.1) is 39.4 Å². The molecule has 0 radical (unpaired) electrons. The zero-order chi connectivity index (χ0) is 26.7. The Morgan fingerprint density at radius 1 is 0.972 bits per heavy atom. The average Bonchev–Trinajstić information content (AvgIpc) is 3.04. The molecule has 0 aromatic rings. The summed E-state index contributed by atoms with van der Waals surface area (Å²) in [5, 5.41) is 10.3. The van der Waals surface area contributed by atoms with Gasteiger partial charge < -0.3 is 9.84 Å². The zero-order valence-corrected chi connectivity index (χ0v) is 24.1. The maximum atomic E-state index is 12.5.